The second kappa shape index (κ2) is 56.5. The standard InChI is InChI=1S/Al.8NO3.Ta/c;8*2-1(3)4;/q+3;8*-1;+5. The van der Waals surface area contributed by atoms with Crippen molar-refractivity contribution < 1.29 is 63.1 Å². The molecule has 0 aliphatic heterocycles. The van der Waals surface area contributed by atoms with Crippen molar-refractivity contribution in [2.75, 3.05) is 0 Å². The molecule has 0 saturated carbocycles. The Bertz CT molecular complexity index is 367. The van der Waals surface area contributed by atoms with Gasteiger partial charge in [-0.15, -0.1) is 0 Å². The minimum absolute atomic E-state index is 0. The molecule has 0 fully saturated rings. The van der Waals surface area contributed by atoms with Gasteiger partial charge in [0.15, 0.2) is 0 Å². The Balaban J connectivity index is -0.0000000240. The van der Waals surface area contributed by atoms with E-state index >= 15 is 0 Å². The molecule has 0 aliphatic rings. The van der Waals surface area contributed by atoms with E-state index in [1.54, 1.807) is 0 Å². The third kappa shape index (κ3) is 684. The van der Waals surface area contributed by atoms with Crippen LogP contribution < -0.4 is 0 Å². The van der Waals surface area contributed by atoms with E-state index in [1.165, 1.54) is 0 Å². The summed E-state index contributed by atoms with van der Waals surface area (Å²) in [5.74, 6) is 0. The summed E-state index contributed by atoms with van der Waals surface area (Å²) in [6.07, 6.45) is 0. The van der Waals surface area contributed by atoms with Crippen LogP contribution in [0.15, 0.2) is 0 Å². The summed E-state index contributed by atoms with van der Waals surface area (Å²) in [6, 6.07) is 0. The number of hydrogen-bond acceptors (Lipinski definition) is 24. The second-order valence-corrected chi connectivity index (χ2v) is 1.79. The zero-order valence-corrected chi connectivity index (χ0v) is 18.8. The average Bonchev–Trinajstić information content (AvgIpc) is 2.30. The molecule has 0 aromatic heterocycles. The van der Waals surface area contributed by atoms with E-state index in [1.807, 2.05) is 0 Å². The Morgan fingerprint density at radius 1 is 0.235 bits per heavy atom. The van der Waals surface area contributed by atoms with E-state index in [4.69, 9.17) is 123 Å². The van der Waals surface area contributed by atoms with Crippen molar-refractivity contribution in [1.29, 1.82) is 0 Å². The summed E-state index contributed by atoms with van der Waals surface area (Å²) in [4.78, 5) is 66.0. The molecular formula is AlN8O24Ta. The first kappa shape index (κ1) is 63.0. The minimum Gasteiger partial charge on any atom is -0.356 e. The smallest absolute Gasteiger partial charge is 0.356 e. The van der Waals surface area contributed by atoms with Crippen molar-refractivity contribution in [2.45, 2.75) is 0 Å². The quantitative estimate of drug-likeness (QED) is 0.145. The fraction of sp³-hybridized carbons (Fsp3) is 0. The van der Waals surface area contributed by atoms with E-state index in [0.29, 0.717) is 0 Å². The Labute approximate surface area is 203 Å². The Morgan fingerprint density at radius 2 is 0.235 bits per heavy atom. The van der Waals surface area contributed by atoms with Gasteiger partial charge in [-0.3, -0.25) is 0 Å². The summed E-state index contributed by atoms with van der Waals surface area (Å²) in [5, 5.41) is 118. The first-order valence-electron chi connectivity index (χ1n) is 4.38. The van der Waals surface area contributed by atoms with E-state index in [0.717, 1.165) is 0 Å². The van der Waals surface area contributed by atoms with Crippen LogP contribution in [0.3, 0.4) is 0 Å². The molecule has 0 N–H and O–H groups in total. The van der Waals surface area contributed by atoms with E-state index in [-0.39, 0.29) is 39.7 Å². The zero-order chi connectivity index (χ0) is 28.6. The summed E-state index contributed by atoms with van der Waals surface area (Å²) >= 11 is 0. The van der Waals surface area contributed by atoms with Crippen molar-refractivity contribution in [2.24, 2.45) is 0 Å². The molecule has 0 bridgehead atoms. The van der Waals surface area contributed by atoms with Gasteiger partial charge in [-0.05, 0) is 0 Å². The first-order chi connectivity index (χ1) is 13.9. The van der Waals surface area contributed by atoms with Gasteiger partial charge in [0, 0.05) is 0 Å². The molecule has 0 amide bonds. The average molecular weight is 704 g/mol. The normalized spacial score (nSPS) is 5.65. The third-order valence-corrected chi connectivity index (χ3v) is 0. The maximum atomic E-state index is 8.25. The number of rotatable bonds is 0. The molecule has 0 rings (SSSR count). The molecule has 32 nitrogen and oxygen atoms in total. The van der Waals surface area contributed by atoms with Gasteiger partial charge >= 0.3 is 39.7 Å². The Kier molecular flexibility index (Phi) is 105. The molecule has 192 valence electrons. The van der Waals surface area contributed by atoms with E-state index in [9.17, 15) is 0 Å². The van der Waals surface area contributed by atoms with Crippen LogP contribution >= 0.6 is 0 Å². The van der Waals surface area contributed by atoms with Crippen LogP contribution in [0.5, 0.6) is 0 Å². The van der Waals surface area contributed by atoms with Gasteiger partial charge in [0.25, 0.3) is 0 Å². The minimum atomic E-state index is -1.75. The zero-order valence-electron chi connectivity index (χ0n) is 14.4. The molecule has 0 saturated heterocycles. The summed E-state index contributed by atoms with van der Waals surface area (Å²) in [7, 11) is 0. The molecule has 0 aromatic carbocycles. The molecule has 34 heteroatoms. The SMILES string of the molecule is O=[N+]([O-])[O-].O=[N+]([O-])[O-].O=[N+]([O-])[O-].O=[N+]([O-])[O-].O=[N+]([O-])[O-].O=[N+]([O-])[O-].O=[N+]([O-])[O-].O=[N+]([O-])[O-].[Al+3].[Ta+5]. The monoisotopic (exact) mass is 704 g/mol. The fourth-order valence-corrected chi connectivity index (χ4v) is 0. The maximum Gasteiger partial charge on any atom is 5.00 e. The number of nitrogens with zero attached hydrogens (tertiary/aromatic N) is 8. The van der Waals surface area contributed by atoms with Gasteiger partial charge in [-0.25, -0.2) is 0 Å². The maximum absolute atomic E-state index is 8.25. The molecule has 0 spiro atoms. The van der Waals surface area contributed by atoms with Gasteiger partial charge < -0.3 is 123 Å². The molecule has 0 unspecified atom stereocenters. The predicted molar refractivity (Wildman–Crippen MR) is 88.6 cm³/mol. The summed E-state index contributed by atoms with van der Waals surface area (Å²) in [6.45, 7) is 0. The summed E-state index contributed by atoms with van der Waals surface area (Å²) < 4.78 is 0. The third-order valence-electron chi connectivity index (χ3n) is 0. The Hall–Kier alpha value is -5.13. The summed E-state index contributed by atoms with van der Waals surface area (Å²) in [5.41, 5.74) is 0. The molecule has 0 heterocycles. The van der Waals surface area contributed by atoms with Crippen LogP contribution in [0.1, 0.15) is 0 Å². The van der Waals surface area contributed by atoms with Crippen LogP contribution in [0, 0.1) is 123 Å². The van der Waals surface area contributed by atoms with Crippen molar-refractivity contribution in [3.8, 4) is 0 Å². The fourth-order valence-electron chi connectivity index (χ4n) is 0. The van der Waals surface area contributed by atoms with Crippen molar-refractivity contribution in [1.82, 2.24) is 0 Å². The second-order valence-electron chi connectivity index (χ2n) is 1.79. The largest absolute Gasteiger partial charge is 5.00 e. The molecule has 0 aliphatic carbocycles. The molecule has 0 aromatic rings. The van der Waals surface area contributed by atoms with E-state index < -0.39 is 40.7 Å². The van der Waals surface area contributed by atoms with Gasteiger partial charge in [0.05, 0.1) is 40.7 Å². The van der Waals surface area contributed by atoms with Crippen molar-refractivity contribution >= 4 is 17.4 Å². The molecule has 0 atom stereocenters. The molecule has 34 heavy (non-hydrogen) atoms. The molecular weight excluding hydrogens is 704 g/mol. The predicted octanol–water partition coefficient (Wildman–Crippen LogP) is -2.30. The van der Waals surface area contributed by atoms with Crippen LogP contribution in [-0.4, -0.2) is 58.1 Å². The molecule has 0 radical (unpaired) electrons. The van der Waals surface area contributed by atoms with Crippen LogP contribution in [-0.2, 0) is 22.4 Å². The topological polar surface area (TPSA) is 530 Å². The van der Waals surface area contributed by atoms with Crippen molar-refractivity contribution in [3.63, 3.8) is 0 Å². The van der Waals surface area contributed by atoms with Gasteiger partial charge in [-0.1, -0.05) is 0 Å². The van der Waals surface area contributed by atoms with Crippen LogP contribution in [0.25, 0.3) is 0 Å². The van der Waals surface area contributed by atoms with Gasteiger partial charge in [-0.2, -0.15) is 0 Å². The van der Waals surface area contributed by atoms with Crippen LogP contribution in [0.2, 0.25) is 0 Å². The van der Waals surface area contributed by atoms with Gasteiger partial charge in [0.2, 0.25) is 0 Å². The van der Waals surface area contributed by atoms with Crippen LogP contribution in [0.4, 0.5) is 0 Å². The number of hydrogen-bond donors (Lipinski definition) is 0. The first-order valence-corrected chi connectivity index (χ1v) is 4.38. The van der Waals surface area contributed by atoms with Crippen molar-refractivity contribution in [3.05, 3.63) is 123 Å². The van der Waals surface area contributed by atoms with Gasteiger partial charge in [0.1, 0.15) is 0 Å². The van der Waals surface area contributed by atoms with E-state index in [2.05, 4.69) is 0 Å². The Morgan fingerprint density at radius 3 is 0.235 bits per heavy atom.